The van der Waals surface area contributed by atoms with Crippen LogP contribution in [0, 0.1) is 0 Å². The smallest absolute Gasteiger partial charge is 0.241 e. The predicted octanol–water partition coefficient (Wildman–Crippen LogP) is 0.292. The first kappa shape index (κ1) is 13.8. The molecule has 6 heteroatoms. The summed E-state index contributed by atoms with van der Waals surface area (Å²) in [7, 11) is -3.23. The zero-order valence-corrected chi connectivity index (χ0v) is 11.7. The predicted molar refractivity (Wildman–Crippen MR) is 69.8 cm³/mol. The molecule has 2 heterocycles. The second-order valence-corrected chi connectivity index (χ2v) is 7.82. The second-order valence-electron chi connectivity index (χ2n) is 5.52. The lowest BCUT2D eigenvalue weighted by Gasteiger charge is -2.38. The maximum Gasteiger partial charge on any atom is 0.241 e. The van der Waals surface area contributed by atoms with Crippen molar-refractivity contribution in [3.8, 4) is 0 Å². The maximum atomic E-state index is 12.4. The molecule has 1 amide bonds. The van der Waals surface area contributed by atoms with E-state index in [4.69, 9.17) is 5.73 Å². The molecule has 0 saturated carbocycles. The number of hydrogen-bond acceptors (Lipinski definition) is 4. The summed E-state index contributed by atoms with van der Waals surface area (Å²) < 4.78 is 23.9. The SMILES string of the molecule is CC1CC(N)CCN1C(=O)C1CCCCS1(=O)=O. The highest BCUT2D eigenvalue weighted by Crippen LogP contribution is 2.25. The van der Waals surface area contributed by atoms with Crippen LogP contribution in [0.1, 0.15) is 39.0 Å². The molecule has 0 spiro atoms. The highest BCUT2D eigenvalue weighted by molar-refractivity contribution is 7.92. The third-order valence-electron chi connectivity index (χ3n) is 4.05. The molecule has 18 heavy (non-hydrogen) atoms. The summed E-state index contributed by atoms with van der Waals surface area (Å²) in [6.07, 6.45) is 3.53. The zero-order chi connectivity index (χ0) is 13.3. The molecule has 3 unspecified atom stereocenters. The van der Waals surface area contributed by atoms with Crippen molar-refractivity contribution in [3.63, 3.8) is 0 Å². The van der Waals surface area contributed by atoms with Gasteiger partial charge in [0.25, 0.3) is 0 Å². The number of nitrogens with two attached hydrogens (primary N) is 1. The van der Waals surface area contributed by atoms with Crippen molar-refractivity contribution in [1.29, 1.82) is 0 Å². The van der Waals surface area contributed by atoms with Crippen LogP contribution in [-0.4, -0.2) is 48.9 Å². The van der Waals surface area contributed by atoms with Crippen LogP contribution in [0.4, 0.5) is 0 Å². The summed E-state index contributed by atoms with van der Waals surface area (Å²) in [6, 6.07) is 0.186. The van der Waals surface area contributed by atoms with E-state index in [1.807, 2.05) is 6.92 Å². The molecule has 2 rings (SSSR count). The molecule has 2 aliphatic rings. The monoisotopic (exact) mass is 274 g/mol. The Hall–Kier alpha value is -0.620. The van der Waals surface area contributed by atoms with Gasteiger partial charge in [0.1, 0.15) is 5.25 Å². The number of rotatable bonds is 1. The van der Waals surface area contributed by atoms with E-state index >= 15 is 0 Å². The van der Waals surface area contributed by atoms with Crippen LogP contribution in [0.5, 0.6) is 0 Å². The molecule has 0 aliphatic carbocycles. The van der Waals surface area contributed by atoms with Crippen LogP contribution in [0.2, 0.25) is 0 Å². The number of amides is 1. The van der Waals surface area contributed by atoms with E-state index in [0.29, 0.717) is 19.4 Å². The Morgan fingerprint density at radius 1 is 1.28 bits per heavy atom. The Bertz CT molecular complexity index is 421. The molecule has 0 bridgehead atoms. The average molecular weight is 274 g/mol. The molecular weight excluding hydrogens is 252 g/mol. The second kappa shape index (κ2) is 5.17. The first-order valence-corrected chi connectivity index (χ1v) is 8.41. The zero-order valence-electron chi connectivity index (χ0n) is 10.8. The molecular formula is C12H22N2O3S. The van der Waals surface area contributed by atoms with Crippen molar-refractivity contribution in [3.05, 3.63) is 0 Å². The standard InChI is InChI=1S/C12H22N2O3S/c1-9-8-10(13)5-6-14(9)12(15)11-4-2-3-7-18(11,16)17/h9-11H,2-8,13H2,1H3. The van der Waals surface area contributed by atoms with Gasteiger partial charge in [-0.15, -0.1) is 0 Å². The number of likely N-dealkylation sites (tertiary alicyclic amines) is 1. The van der Waals surface area contributed by atoms with Gasteiger partial charge in [-0.1, -0.05) is 6.42 Å². The van der Waals surface area contributed by atoms with Crippen molar-refractivity contribution in [1.82, 2.24) is 4.90 Å². The van der Waals surface area contributed by atoms with Crippen LogP contribution in [-0.2, 0) is 14.6 Å². The molecule has 0 aromatic heterocycles. The van der Waals surface area contributed by atoms with Crippen LogP contribution >= 0.6 is 0 Å². The van der Waals surface area contributed by atoms with Gasteiger partial charge in [-0.05, 0) is 32.6 Å². The Labute approximate surface area is 109 Å². The van der Waals surface area contributed by atoms with Gasteiger partial charge in [0.2, 0.25) is 5.91 Å². The Kier molecular flexibility index (Phi) is 3.96. The Balaban J connectivity index is 2.11. The third-order valence-corrected chi connectivity index (χ3v) is 6.22. The highest BCUT2D eigenvalue weighted by Gasteiger charge is 2.39. The van der Waals surface area contributed by atoms with Gasteiger partial charge < -0.3 is 10.6 Å². The van der Waals surface area contributed by atoms with E-state index in [1.54, 1.807) is 4.90 Å². The van der Waals surface area contributed by atoms with E-state index in [2.05, 4.69) is 0 Å². The van der Waals surface area contributed by atoms with E-state index < -0.39 is 15.1 Å². The first-order valence-electron chi connectivity index (χ1n) is 6.69. The van der Waals surface area contributed by atoms with Crippen LogP contribution in [0.25, 0.3) is 0 Å². The normalized spacial score (nSPS) is 36.3. The molecule has 2 fully saturated rings. The first-order chi connectivity index (χ1) is 8.42. The minimum Gasteiger partial charge on any atom is -0.339 e. The fourth-order valence-corrected chi connectivity index (χ4v) is 4.81. The summed E-state index contributed by atoms with van der Waals surface area (Å²) in [5.41, 5.74) is 5.86. The molecule has 5 nitrogen and oxygen atoms in total. The summed E-state index contributed by atoms with van der Waals surface area (Å²) in [6.45, 7) is 2.54. The quantitative estimate of drug-likeness (QED) is 0.745. The van der Waals surface area contributed by atoms with E-state index in [9.17, 15) is 13.2 Å². The minimum atomic E-state index is -3.23. The molecule has 2 saturated heterocycles. The lowest BCUT2D eigenvalue weighted by molar-refractivity contribution is -0.134. The molecule has 2 aliphatic heterocycles. The van der Waals surface area contributed by atoms with Crippen molar-refractivity contribution < 1.29 is 13.2 Å². The van der Waals surface area contributed by atoms with Gasteiger partial charge >= 0.3 is 0 Å². The van der Waals surface area contributed by atoms with Crippen molar-refractivity contribution in [2.75, 3.05) is 12.3 Å². The van der Waals surface area contributed by atoms with Crippen LogP contribution in [0.15, 0.2) is 0 Å². The highest BCUT2D eigenvalue weighted by atomic mass is 32.2. The fourth-order valence-electron chi connectivity index (χ4n) is 2.95. The Morgan fingerprint density at radius 3 is 2.61 bits per heavy atom. The molecule has 3 atom stereocenters. The third kappa shape index (κ3) is 2.69. The van der Waals surface area contributed by atoms with Crippen molar-refractivity contribution >= 4 is 15.7 Å². The van der Waals surface area contributed by atoms with Crippen molar-refractivity contribution in [2.45, 2.75) is 56.4 Å². The number of carbonyl (C=O) groups excluding carboxylic acids is 1. The largest absolute Gasteiger partial charge is 0.339 e. The number of hydrogen-bond donors (Lipinski definition) is 1. The summed E-state index contributed by atoms with van der Waals surface area (Å²) in [5, 5.41) is -0.803. The molecule has 0 aromatic carbocycles. The van der Waals surface area contributed by atoms with E-state index in [-0.39, 0.29) is 23.7 Å². The van der Waals surface area contributed by atoms with Crippen molar-refractivity contribution in [2.24, 2.45) is 5.73 Å². The maximum absolute atomic E-state index is 12.4. The number of piperidine rings is 1. The van der Waals surface area contributed by atoms with Gasteiger partial charge in [0.15, 0.2) is 9.84 Å². The lowest BCUT2D eigenvalue weighted by Crippen LogP contribution is -2.53. The molecule has 2 N–H and O–H groups in total. The minimum absolute atomic E-state index is 0.0541. The summed E-state index contributed by atoms with van der Waals surface area (Å²) in [5.74, 6) is -0.0420. The van der Waals surface area contributed by atoms with E-state index in [0.717, 1.165) is 19.3 Å². The van der Waals surface area contributed by atoms with E-state index in [1.165, 1.54) is 0 Å². The van der Waals surface area contributed by atoms with Gasteiger partial charge in [-0.3, -0.25) is 4.79 Å². The van der Waals surface area contributed by atoms with Gasteiger partial charge in [-0.25, -0.2) is 8.42 Å². The number of sulfone groups is 1. The molecule has 0 aromatic rings. The van der Waals surface area contributed by atoms with Gasteiger partial charge in [0.05, 0.1) is 5.75 Å². The lowest BCUT2D eigenvalue weighted by atomic mass is 9.98. The summed E-state index contributed by atoms with van der Waals surface area (Å²) in [4.78, 5) is 14.1. The summed E-state index contributed by atoms with van der Waals surface area (Å²) >= 11 is 0. The molecule has 104 valence electrons. The number of nitrogens with zero attached hydrogens (tertiary/aromatic N) is 1. The van der Waals surface area contributed by atoms with Crippen LogP contribution < -0.4 is 5.73 Å². The average Bonchev–Trinajstić information content (AvgIpc) is 2.27. The van der Waals surface area contributed by atoms with Gasteiger partial charge in [-0.2, -0.15) is 0 Å². The molecule has 0 radical (unpaired) electrons. The fraction of sp³-hybridized carbons (Fsp3) is 0.917. The number of carbonyl (C=O) groups is 1. The Morgan fingerprint density at radius 2 is 2.00 bits per heavy atom. The van der Waals surface area contributed by atoms with Gasteiger partial charge in [0, 0.05) is 18.6 Å². The topological polar surface area (TPSA) is 80.5 Å². The van der Waals surface area contributed by atoms with Crippen LogP contribution in [0.3, 0.4) is 0 Å².